The maximum atomic E-state index is 13.4. The molecule has 0 spiro atoms. The Morgan fingerprint density at radius 2 is 1.22 bits per heavy atom. The van der Waals surface area contributed by atoms with Crippen molar-refractivity contribution in [1.82, 2.24) is 0 Å². The third-order valence-electron chi connectivity index (χ3n) is 4.45. The van der Waals surface area contributed by atoms with E-state index in [0.717, 1.165) is 29.3 Å². The molecule has 0 amide bonds. The normalized spacial score (nSPS) is 16.9. The minimum absolute atomic E-state index is 0.568. The molecule has 23 heavy (non-hydrogen) atoms. The molecule has 0 unspecified atom stereocenters. The summed E-state index contributed by atoms with van der Waals surface area (Å²) in [7, 11) is 0. The Kier molecular flexibility index (Phi) is 2.71. The van der Waals surface area contributed by atoms with Gasteiger partial charge in [-0.05, 0) is 81.8 Å². The molecule has 0 heterocycles. The smallest absolute Gasteiger partial charge is 0.159 e. The van der Waals surface area contributed by atoms with Gasteiger partial charge in [0.1, 0.15) is 0 Å². The lowest BCUT2D eigenvalue weighted by atomic mass is 9.74. The minimum atomic E-state index is -0.921. The van der Waals surface area contributed by atoms with Crippen LogP contribution in [-0.2, 0) is 0 Å². The van der Waals surface area contributed by atoms with E-state index in [0.29, 0.717) is 33.4 Å². The van der Waals surface area contributed by atoms with E-state index < -0.39 is 23.3 Å². The maximum absolute atomic E-state index is 13.4. The van der Waals surface area contributed by atoms with E-state index in [-0.39, 0.29) is 0 Å². The summed E-state index contributed by atoms with van der Waals surface area (Å²) in [6, 6.07) is 4.57. The van der Waals surface area contributed by atoms with Gasteiger partial charge in [-0.3, -0.25) is 0 Å². The summed E-state index contributed by atoms with van der Waals surface area (Å²) in [5.74, 6) is -3.63. The first-order chi connectivity index (χ1) is 10.9. The van der Waals surface area contributed by atoms with E-state index in [1.807, 2.05) is 0 Å². The zero-order chi connectivity index (χ0) is 16.5. The van der Waals surface area contributed by atoms with Crippen LogP contribution in [0.2, 0.25) is 0 Å². The van der Waals surface area contributed by atoms with Gasteiger partial charge in [0.25, 0.3) is 0 Å². The van der Waals surface area contributed by atoms with Crippen LogP contribution in [0.4, 0.5) is 17.6 Å². The summed E-state index contributed by atoms with van der Waals surface area (Å²) in [5, 5.41) is 0. The summed E-state index contributed by atoms with van der Waals surface area (Å²) in [4.78, 5) is 0. The molecule has 0 bridgehead atoms. The van der Waals surface area contributed by atoms with Crippen molar-refractivity contribution in [1.29, 1.82) is 0 Å². The van der Waals surface area contributed by atoms with Crippen LogP contribution in [0.3, 0.4) is 0 Å². The summed E-state index contributed by atoms with van der Waals surface area (Å²) >= 11 is 0. The largest absolute Gasteiger partial charge is 0.204 e. The fraction of sp³-hybridized carbons (Fsp3) is 0.0526. The third-order valence-corrected chi connectivity index (χ3v) is 4.45. The fourth-order valence-electron chi connectivity index (χ4n) is 3.12. The number of benzene rings is 2. The second-order valence-electron chi connectivity index (χ2n) is 5.70. The number of hydrogen-bond donors (Lipinski definition) is 0. The number of halogens is 4. The van der Waals surface area contributed by atoms with Gasteiger partial charge in [-0.1, -0.05) is 6.58 Å². The van der Waals surface area contributed by atoms with Crippen LogP contribution < -0.4 is 0 Å². The van der Waals surface area contributed by atoms with Gasteiger partial charge in [0.15, 0.2) is 23.3 Å². The molecule has 0 saturated carbocycles. The van der Waals surface area contributed by atoms with Crippen molar-refractivity contribution >= 4 is 22.3 Å². The predicted octanol–water partition coefficient (Wildman–Crippen LogP) is 5.60. The average molecular weight is 314 g/mol. The summed E-state index contributed by atoms with van der Waals surface area (Å²) in [5.41, 5.74) is 5.28. The molecule has 0 aliphatic heterocycles. The van der Waals surface area contributed by atoms with Crippen LogP contribution in [0, 0.1) is 23.3 Å². The molecule has 0 atom stereocenters. The first-order valence-electron chi connectivity index (χ1n) is 7.00. The van der Waals surface area contributed by atoms with Crippen molar-refractivity contribution in [3.05, 3.63) is 82.4 Å². The number of fused-ring (bicyclic) bond motifs is 2. The Morgan fingerprint density at radius 1 is 0.739 bits per heavy atom. The predicted molar refractivity (Wildman–Crippen MR) is 82.2 cm³/mol. The Balaban J connectivity index is 1.80. The quantitative estimate of drug-likeness (QED) is 0.601. The molecule has 0 fully saturated rings. The molecule has 0 radical (unpaired) electrons. The topological polar surface area (TPSA) is 0 Å². The monoisotopic (exact) mass is 314 g/mol. The van der Waals surface area contributed by atoms with Crippen LogP contribution in [-0.4, -0.2) is 0 Å². The van der Waals surface area contributed by atoms with Crippen molar-refractivity contribution < 1.29 is 17.6 Å². The molecule has 4 heteroatoms. The van der Waals surface area contributed by atoms with Crippen molar-refractivity contribution in [3.8, 4) is 0 Å². The van der Waals surface area contributed by atoms with E-state index in [2.05, 4.69) is 6.58 Å². The molecule has 2 aromatic carbocycles. The highest BCUT2D eigenvalue weighted by molar-refractivity contribution is 6.21. The van der Waals surface area contributed by atoms with Crippen LogP contribution in [0.15, 0.2) is 36.9 Å². The van der Waals surface area contributed by atoms with Crippen LogP contribution >= 0.6 is 0 Å². The summed E-state index contributed by atoms with van der Waals surface area (Å²) < 4.78 is 53.3. The van der Waals surface area contributed by atoms with Gasteiger partial charge >= 0.3 is 0 Å². The lowest BCUT2D eigenvalue weighted by Gasteiger charge is -2.30. The Labute approximate surface area is 130 Å². The van der Waals surface area contributed by atoms with Gasteiger partial charge in [0.05, 0.1) is 0 Å². The van der Waals surface area contributed by atoms with Gasteiger partial charge in [0.2, 0.25) is 0 Å². The van der Waals surface area contributed by atoms with Gasteiger partial charge in [-0.15, -0.1) is 0 Å². The molecule has 4 rings (SSSR count). The van der Waals surface area contributed by atoms with Crippen molar-refractivity contribution in [2.24, 2.45) is 0 Å². The van der Waals surface area contributed by atoms with Gasteiger partial charge in [-0.25, -0.2) is 17.6 Å². The molecule has 0 saturated heterocycles. The van der Waals surface area contributed by atoms with Gasteiger partial charge in [0, 0.05) is 0 Å². The lowest BCUT2D eigenvalue weighted by Crippen LogP contribution is -2.10. The van der Waals surface area contributed by atoms with Gasteiger partial charge < -0.3 is 0 Å². The van der Waals surface area contributed by atoms with Crippen molar-refractivity contribution in [2.75, 3.05) is 0 Å². The Bertz CT molecular complexity index is 977. The second kappa shape index (κ2) is 4.44. The Hall–Kier alpha value is -2.62. The molecular weight excluding hydrogens is 304 g/mol. The zero-order valence-corrected chi connectivity index (χ0v) is 12.1. The number of rotatable bonds is 1. The summed E-state index contributed by atoms with van der Waals surface area (Å²) in [6.45, 7) is 5.67. The van der Waals surface area contributed by atoms with Crippen LogP contribution in [0.5, 0.6) is 0 Å². The molecule has 0 aromatic heterocycles. The average Bonchev–Trinajstić information content (AvgIpc) is 2.53. The van der Waals surface area contributed by atoms with E-state index in [9.17, 15) is 17.6 Å². The molecule has 0 nitrogen and oxygen atoms in total. The first kappa shape index (κ1) is 14.0. The SMILES string of the molecule is C=C1/C(=C\C2=C(C)c3cc(F)c(F)cc32)c2cc(F)c(F)cc21. The molecule has 2 aliphatic carbocycles. The highest BCUT2D eigenvalue weighted by Crippen LogP contribution is 2.49. The maximum Gasteiger partial charge on any atom is 0.159 e. The van der Waals surface area contributed by atoms with Crippen LogP contribution in [0.1, 0.15) is 29.2 Å². The molecule has 114 valence electrons. The van der Waals surface area contributed by atoms with E-state index in [4.69, 9.17) is 0 Å². The second-order valence-corrected chi connectivity index (χ2v) is 5.70. The van der Waals surface area contributed by atoms with E-state index in [1.54, 1.807) is 13.0 Å². The third kappa shape index (κ3) is 1.78. The fourth-order valence-corrected chi connectivity index (χ4v) is 3.12. The van der Waals surface area contributed by atoms with Crippen molar-refractivity contribution in [2.45, 2.75) is 6.92 Å². The van der Waals surface area contributed by atoms with Crippen LogP contribution in [0.25, 0.3) is 22.3 Å². The number of allylic oxidation sites excluding steroid dienone is 5. The lowest BCUT2D eigenvalue weighted by molar-refractivity contribution is 0.507. The highest BCUT2D eigenvalue weighted by atomic mass is 19.2. The van der Waals surface area contributed by atoms with Crippen molar-refractivity contribution in [3.63, 3.8) is 0 Å². The first-order valence-corrected chi connectivity index (χ1v) is 7.00. The van der Waals surface area contributed by atoms with E-state index >= 15 is 0 Å². The molecule has 2 aromatic rings. The number of hydrogen-bond acceptors (Lipinski definition) is 0. The highest BCUT2D eigenvalue weighted by Gasteiger charge is 2.30. The summed E-state index contributed by atoms with van der Waals surface area (Å²) in [6.07, 6.45) is 1.76. The standard InChI is InChI=1S/C19H10F4/c1-8-10(14-6-18(22)16(20)4-12(8)14)3-11-9(2)13-5-17(21)19(23)7-15(11)13/h3-7H,1H2,2H3/b10-3+. The van der Waals surface area contributed by atoms with E-state index in [1.165, 1.54) is 6.07 Å². The molecular formula is C19H10F4. The Morgan fingerprint density at radius 3 is 1.83 bits per heavy atom. The van der Waals surface area contributed by atoms with Gasteiger partial charge in [-0.2, -0.15) is 0 Å². The molecule has 0 N–H and O–H groups in total. The molecule has 2 aliphatic rings. The zero-order valence-electron chi connectivity index (χ0n) is 12.1. The minimum Gasteiger partial charge on any atom is -0.204 e.